The number of sulfone groups is 1. The van der Waals surface area contributed by atoms with Crippen LogP contribution >= 0.6 is 0 Å². The van der Waals surface area contributed by atoms with E-state index in [1.807, 2.05) is 7.05 Å². The molecule has 0 aromatic heterocycles. The molecule has 2 unspecified atom stereocenters. The Labute approximate surface area is 112 Å². The molecule has 4 nitrogen and oxygen atoms in total. The molecule has 1 N–H and O–H groups in total. The van der Waals surface area contributed by atoms with Crippen molar-refractivity contribution < 1.29 is 13.2 Å². The molecule has 0 radical (unpaired) electrons. The number of hydrogen-bond acceptors (Lipinski definition) is 4. The molecule has 5 heteroatoms. The van der Waals surface area contributed by atoms with Gasteiger partial charge in [0.25, 0.3) is 0 Å². The molecule has 0 aromatic carbocycles. The zero-order chi connectivity index (χ0) is 14.4. The lowest BCUT2D eigenvalue weighted by Gasteiger charge is -2.36. The summed E-state index contributed by atoms with van der Waals surface area (Å²) in [6, 6.07) is 0.182. The zero-order valence-corrected chi connectivity index (χ0v) is 13.4. The molecule has 0 fully saturated rings. The van der Waals surface area contributed by atoms with Gasteiger partial charge in [-0.25, -0.2) is 8.42 Å². The van der Waals surface area contributed by atoms with E-state index in [0.29, 0.717) is 6.42 Å². The van der Waals surface area contributed by atoms with Gasteiger partial charge >= 0.3 is 0 Å². The summed E-state index contributed by atoms with van der Waals surface area (Å²) in [6.07, 6.45) is 1.56. The zero-order valence-electron chi connectivity index (χ0n) is 12.6. The minimum Gasteiger partial charge on any atom is -0.379 e. The van der Waals surface area contributed by atoms with Gasteiger partial charge in [0.2, 0.25) is 0 Å². The second-order valence-corrected chi connectivity index (χ2v) is 8.27. The fourth-order valence-corrected chi connectivity index (χ4v) is 3.13. The number of rotatable bonds is 8. The first-order valence-electron chi connectivity index (χ1n) is 6.58. The highest BCUT2D eigenvalue weighted by Gasteiger charge is 2.31. The van der Waals surface area contributed by atoms with Gasteiger partial charge in [0.05, 0.1) is 11.9 Å². The minimum absolute atomic E-state index is 0.0338. The van der Waals surface area contributed by atoms with E-state index in [4.69, 9.17) is 4.74 Å². The Kier molecular flexibility index (Phi) is 7.40. The van der Waals surface area contributed by atoms with Crippen LogP contribution < -0.4 is 5.32 Å². The Morgan fingerprint density at radius 3 is 2.17 bits per heavy atom. The molecule has 110 valence electrons. The summed E-state index contributed by atoms with van der Waals surface area (Å²) in [5, 5.41) is 3.24. The number of likely N-dealkylation sites (N-methyl/N-ethyl adjacent to an activating group) is 1. The van der Waals surface area contributed by atoms with Crippen LogP contribution in [-0.2, 0) is 14.6 Å². The lowest BCUT2D eigenvalue weighted by molar-refractivity contribution is -0.0114. The van der Waals surface area contributed by atoms with Crippen molar-refractivity contribution in [1.82, 2.24) is 5.32 Å². The third kappa shape index (κ3) is 6.16. The molecule has 0 rings (SSSR count). The Morgan fingerprint density at radius 2 is 1.83 bits per heavy atom. The average molecular weight is 279 g/mol. The van der Waals surface area contributed by atoms with Gasteiger partial charge in [-0.1, -0.05) is 27.7 Å². The first-order chi connectivity index (χ1) is 8.18. The van der Waals surface area contributed by atoms with Crippen LogP contribution in [0.4, 0.5) is 0 Å². The van der Waals surface area contributed by atoms with Crippen molar-refractivity contribution in [3.05, 3.63) is 0 Å². The first-order valence-corrected chi connectivity index (χ1v) is 8.40. The van der Waals surface area contributed by atoms with Gasteiger partial charge < -0.3 is 10.1 Å². The normalized spacial score (nSPS) is 16.6. The minimum atomic E-state index is -2.86. The third-order valence-corrected chi connectivity index (χ3v) is 5.04. The summed E-state index contributed by atoms with van der Waals surface area (Å²) >= 11 is 0. The monoisotopic (exact) mass is 279 g/mol. The summed E-state index contributed by atoms with van der Waals surface area (Å²) in [5.74, 6) is 0.493. The molecule has 0 heterocycles. The van der Waals surface area contributed by atoms with Crippen LogP contribution in [0.5, 0.6) is 0 Å². The smallest absolute Gasteiger partial charge is 0.150 e. The van der Waals surface area contributed by atoms with E-state index in [-0.39, 0.29) is 29.1 Å². The topological polar surface area (TPSA) is 55.4 Å². The van der Waals surface area contributed by atoms with Crippen molar-refractivity contribution in [1.29, 1.82) is 0 Å². The van der Waals surface area contributed by atoms with Crippen LogP contribution in [0.3, 0.4) is 0 Å². The Hall–Kier alpha value is -0.130. The highest BCUT2D eigenvalue weighted by Crippen LogP contribution is 2.26. The van der Waals surface area contributed by atoms with Crippen molar-refractivity contribution >= 4 is 9.84 Å². The van der Waals surface area contributed by atoms with Crippen molar-refractivity contribution in [2.75, 3.05) is 25.7 Å². The molecule has 18 heavy (non-hydrogen) atoms. The van der Waals surface area contributed by atoms with Crippen LogP contribution in [0.15, 0.2) is 0 Å². The van der Waals surface area contributed by atoms with Crippen LogP contribution in [0.25, 0.3) is 0 Å². The molecule has 0 saturated heterocycles. The summed E-state index contributed by atoms with van der Waals surface area (Å²) in [7, 11) is 0.751. The molecule has 0 aliphatic heterocycles. The van der Waals surface area contributed by atoms with Crippen molar-refractivity contribution in [2.24, 2.45) is 5.41 Å². The number of methoxy groups -OCH3 is 1. The SMILES string of the molecule is CCS(=O)(=O)CCCC(NC)C(OC)C(C)(C)C. The fourth-order valence-electron chi connectivity index (χ4n) is 2.24. The predicted molar refractivity (Wildman–Crippen MR) is 76.7 cm³/mol. The average Bonchev–Trinajstić information content (AvgIpc) is 2.26. The standard InChI is InChI=1S/C13H29NO3S/c1-7-18(15,16)10-8-9-11(14-5)12(17-6)13(2,3)4/h11-12,14H,7-10H2,1-6H3. The molecule has 0 aliphatic rings. The summed E-state index contributed by atoms with van der Waals surface area (Å²) < 4.78 is 28.5. The van der Waals surface area contributed by atoms with Gasteiger partial charge in [-0.2, -0.15) is 0 Å². The number of hydrogen-bond donors (Lipinski definition) is 1. The van der Waals surface area contributed by atoms with Gasteiger partial charge in [0.15, 0.2) is 0 Å². The Bertz CT molecular complexity index is 320. The van der Waals surface area contributed by atoms with E-state index in [9.17, 15) is 8.42 Å². The maximum atomic E-state index is 11.5. The highest BCUT2D eigenvalue weighted by atomic mass is 32.2. The Morgan fingerprint density at radius 1 is 1.28 bits per heavy atom. The maximum absolute atomic E-state index is 11.5. The van der Waals surface area contributed by atoms with E-state index >= 15 is 0 Å². The van der Waals surface area contributed by atoms with Gasteiger partial charge in [-0.05, 0) is 25.3 Å². The van der Waals surface area contributed by atoms with E-state index in [2.05, 4.69) is 26.1 Å². The summed E-state index contributed by atoms with van der Waals surface area (Å²) in [5.41, 5.74) is 0.0338. The molecule has 0 saturated carbocycles. The molecular formula is C13H29NO3S. The van der Waals surface area contributed by atoms with Crippen molar-refractivity contribution in [2.45, 2.75) is 52.7 Å². The molecule has 2 atom stereocenters. The lowest BCUT2D eigenvalue weighted by atomic mass is 9.83. The van der Waals surface area contributed by atoms with Crippen LogP contribution in [0.1, 0.15) is 40.5 Å². The van der Waals surface area contributed by atoms with E-state index in [1.54, 1.807) is 14.0 Å². The molecule has 0 aromatic rings. The summed E-state index contributed by atoms with van der Waals surface area (Å²) in [4.78, 5) is 0. The third-order valence-electron chi connectivity index (χ3n) is 3.25. The molecule has 0 spiro atoms. The van der Waals surface area contributed by atoms with Gasteiger partial charge in [0.1, 0.15) is 9.84 Å². The summed E-state index contributed by atoms with van der Waals surface area (Å²) in [6.45, 7) is 8.09. The predicted octanol–water partition coefficient (Wildman–Crippen LogP) is 1.85. The van der Waals surface area contributed by atoms with Crippen LogP contribution in [-0.4, -0.2) is 46.2 Å². The lowest BCUT2D eigenvalue weighted by Crippen LogP contribution is -2.46. The van der Waals surface area contributed by atoms with Gasteiger partial charge in [-0.3, -0.25) is 0 Å². The fraction of sp³-hybridized carbons (Fsp3) is 1.00. The van der Waals surface area contributed by atoms with Crippen LogP contribution in [0.2, 0.25) is 0 Å². The quantitative estimate of drug-likeness (QED) is 0.737. The van der Waals surface area contributed by atoms with Crippen molar-refractivity contribution in [3.8, 4) is 0 Å². The first kappa shape index (κ1) is 17.9. The number of ether oxygens (including phenoxy) is 1. The van der Waals surface area contributed by atoms with E-state index < -0.39 is 9.84 Å². The maximum Gasteiger partial charge on any atom is 0.150 e. The molecule has 0 bridgehead atoms. The highest BCUT2D eigenvalue weighted by molar-refractivity contribution is 7.91. The van der Waals surface area contributed by atoms with E-state index in [1.165, 1.54) is 0 Å². The molecule has 0 aliphatic carbocycles. The van der Waals surface area contributed by atoms with Gasteiger partial charge in [0, 0.05) is 18.9 Å². The second kappa shape index (κ2) is 7.46. The van der Waals surface area contributed by atoms with Crippen molar-refractivity contribution in [3.63, 3.8) is 0 Å². The van der Waals surface area contributed by atoms with Gasteiger partial charge in [-0.15, -0.1) is 0 Å². The van der Waals surface area contributed by atoms with E-state index in [0.717, 1.165) is 6.42 Å². The Balaban J connectivity index is 4.43. The largest absolute Gasteiger partial charge is 0.379 e. The molecular weight excluding hydrogens is 250 g/mol. The second-order valence-electron chi connectivity index (χ2n) is 5.80. The van der Waals surface area contributed by atoms with Crippen LogP contribution in [0, 0.1) is 5.41 Å². The molecule has 0 amide bonds. The number of nitrogens with one attached hydrogen (secondary N) is 1.